The van der Waals surface area contributed by atoms with E-state index in [4.69, 9.17) is 25.8 Å². The van der Waals surface area contributed by atoms with Crippen molar-refractivity contribution in [1.82, 2.24) is 0 Å². The van der Waals surface area contributed by atoms with Gasteiger partial charge in [-0.3, -0.25) is 0 Å². The zero-order valence-corrected chi connectivity index (χ0v) is 16.2. The van der Waals surface area contributed by atoms with E-state index in [1.54, 1.807) is 25.3 Å². The molecule has 0 atom stereocenters. The lowest BCUT2D eigenvalue weighted by Crippen LogP contribution is -2.06. The fraction of sp³-hybridized carbons (Fsp3) is 0.238. The maximum absolute atomic E-state index is 12.2. The maximum Gasteiger partial charge on any atom is 0.363 e. The fourth-order valence-electron chi connectivity index (χ4n) is 2.66. The van der Waals surface area contributed by atoms with Crippen molar-refractivity contribution in [2.24, 2.45) is 4.99 Å². The molecular weight excluding hydrogens is 366 g/mol. The molecule has 1 aliphatic heterocycles. The van der Waals surface area contributed by atoms with E-state index >= 15 is 0 Å². The van der Waals surface area contributed by atoms with Crippen LogP contribution in [0.25, 0.3) is 6.08 Å². The van der Waals surface area contributed by atoms with Crippen LogP contribution in [0.2, 0.25) is 5.02 Å². The van der Waals surface area contributed by atoms with Crippen LogP contribution in [0.1, 0.15) is 30.0 Å². The first-order chi connectivity index (χ1) is 13.0. The lowest BCUT2D eigenvalue weighted by atomic mass is 10.1. The molecule has 0 unspecified atom stereocenters. The summed E-state index contributed by atoms with van der Waals surface area (Å²) >= 11 is 6.33. The van der Waals surface area contributed by atoms with Crippen molar-refractivity contribution in [2.75, 3.05) is 13.7 Å². The predicted octanol–water partition coefficient (Wildman–Crippen LogP) is 4.79. The number of rotatable bonds is 6. The molecule has 0 saturated heterocycles. The lowest BCUT2D eigenvalue weighted by Gasteiger charge is -2.12. The first-order valence-corrected chi connectivity index (χ1v) is 9.00. The quantitative estimate of drug-likeness (QED) is 0.530. The molecule has 0 aromatic heterocycles. The Labute approximate surface area is 163 Å². The van der Waals surface area contributed by atoms with E-state index in [0.29, 0.717) is 34.6 Å². The fourth-order valence-corrected chi connectivity index (χ4v) is 2.94. The zero-order valence-electron chi connectivity index (χ0n) is 15.4. The average molecular weight is 386 g/mol. The number of aliphatic imine (C=N–C) groups is 1. The maximum atomic E-state index is 12.2. The third kappa shape index (κ3) is 4.14. The van der Waals surface area contributed by atoms with E-state index < -0.39 is 5.97 Å². The predicted molar refractivity (Wildman–Crippen MR) is 106 cm³/mol. The summed E-state index contributed by atoms with van der Waals surface area (Å²) in [6, 6.07) is 11.1. The van der Waals surface area contributed by atoms with E-state index in [9.17, 15) is 4.79 Å². The highest BCUT2D eigenvalue weighted by atomic mass is 35.5. The van der Waals surface area contributed by atoms with Gasteiger partial charge in [-0.1, -0.05) is 36.7 Å². The van der Waals surface area contributed by atoms with Crippen molar-refractivity contribution < 1.29 is 19.0 Å². The third-order valence-electron chi connectivity index (χ3n) is 4.00. The van der Waals surface area contributed by atoms with Gasteiger partial charge in [0.05, 0.1) is 18.7 Å². The van der Waals surface area contributed by atoms with Crippen molar-refractivity contribution in [3.63, 3.8) is 0 Å². The second-order valence-electron chi connectivity index (χ2n) is 6.03. The Morgan fingerprint density at radius 3 is 2.74 bits per heavy atom. The molecule has 0 N–H and O–H groups in total. The highest BCUT2D eigenvalue weighted by Crippen LogP contribution is 2.37. The van der Waals surface area contributed by atoms with Gasteiger partial charge in [-0.15, -0.1) is 0 Å². The van der Waals surface area contributed by atoms with Crippen LogP contribution in [0.5, 0.6) is 11.5 Å². The Morgan fingerprint density at radius 1 is 1.26 bits per heavy atom. The summed E-state index contributed by atoms with van der Waals surface area (Å²) in [5, 5.41) is 0.407. The molecule has 2 aromatic carbocycles. The normalized spacial score (nSPS) is 14.9. The number of aryl methyl sites for hydroxylation is 1. The number of benzene rings is 2. The number of cyclic esters (lactones) is 1. The summed E-state index contributed by atoms with van der Waals surface area (Å²) in [4.78, 5) is 16.6. The topological polar surface area (TPSA) is 57.1 Å². The van der Waals surface area contributed by atoms with Gasteiger partial charge >= 0.3 is 5.97 Å². The molecule has 140 valence electrons. The third-order valence-corrected chi connectivity index (χ3v) is 4.28. The Hall–Kier alpha value is -2.79. The van der Waals surface area contributed by atoms with Crippen LogP contribution < -0.4 is 9.47 Å². The number of hydrogen-bond donors (Lipinski definition) is 0. The largest absolute Gasteiger partial charge is 0.493 e. The smallest absolute Gasteiger partial charge is 0.363 e. The van der Waals surface area contributed by atoms with Crippen LogP contribution in [-0.2, 0) is 9.53 Å². The number of hydrogen-bond acceptors (Lipinski definition) is 5. The van der Waals surface area contributed by atoms with Gasteiger partial charge in [0.2, 0.25) is 5.90 Å². The molecule has 2 aromatic rings. The van der Waals surface area contributed by atoms with Crippen LogP contribution in [0, 0.1) is 6.92 Å². The zero-order chi connectivity index (χ0) is 19.4. The Kier molecular flexibility index (Phi) is 5.81. The Balaban J connectivity index is 1.95. The SMILES string of the molecule is CCCOc1c(Cl)cc(/C=C2\N=C(c3ccccc3C)OC2=O)cc1OC. The second kappa shape index (κ2) is 8.27. The van der Waals surface area contributed by atoms with Crippen molar-refractivity contribution in [2.45, 2.75) is 20.3 Å². The van der Waals surface area contributed by atoms with Crippen molar-refractivity contribution >= 4 is 29.5 Å². The van der Waals surface area contributed by atoms with Crippen LogP contribution >= 0.6 is 11.6 Å². The number of esters is 1. The standard InChI is InChI=1S/C21H20ClNO4/c1-4-9-26-19-16(22)10-14(12-18(19)25-3)11-17-21(24)27-20(23-17)15-8-6-5-7-13(15)2/h5-8,10-12H,4,9H2,1-3H3/b17-11-. The van der Waals surface area contributed by atoms with Gasteiger partial charge in [0.1, 0.15) is 0 Å². The van der Waals surface area contributed by atoms with Crippen LogP contribution in [0.4, 0.5) is 0 Å². The molecule has 0 radical (unpaired) electrons. The van der Waals surface area contributed by atoms with Gasteiger partial charge in [-0.05, 0) is 48.7 Å². The molecule has 0 spiro atoms. The van der Waals surface area contributed by atoms with Gasteiger partial charge < -0.3 is 14.2 Å². The molecule has 1 aliphatic rings. The average Bonchev–Trinajstić information content (AvgIpc) is 3.01. The van der Waals surface area contributed by atoms with E-state index in [-0.39, 0.29) is 5.70 Å². The summed E-state index contributed by atoms with van der Waals surface area (Å²) in [6.07, 6.45) is 2.47. The molecule has 0 aliphatic carbocycles. The molecule has 0 amide bonds. The second-order valence-corrected chi connectivity index (χ2v) is 6.44. The first kappa shape index (κ1) is 19.0. The molecule has 1 heterocycles. The monoisotopic (exact) mass is 385 g/mol. The Morgan fingerprint density at radius 2 is 2.04 bits per heavy atom. The number of carbonyl (C=O) groups excluding carboxylic acids is 1. The summed E-state index contributed by atoms with van der Waals surface area (Å²) in [5.41, 5.74) is 2.64. The summed E-state index contributed by atoms with van der Waals surface area (Å²) in [5.74, 6) is 0.776. The van der Waals surface area contributed by atoms with E-state index in [0.717, 1.165) is 17.5 Å². The van der Waals surface area contributed by atoms with Crippen molar-refractivity contribution in [3.05, 3.63) is 63.8 Å². The van der Waals surface area contributed by atoms with Gasteiger partial charge in [0.15, 0.2) is 17.2 Å². The highest BCUT2D eigenvalue weighted by molar-refractivity contribution is 6.32. The van der Waals surface area contributed by atoms with E-state index in [1.807, 2.05) is 38.1 Å². The minimum atomic E-state index is -0.505. The number of methoxy groups -OCH3 is 1. The van der Waals surface area contributed by atoms with Crippen molar-refractivity contribution in [3.8, 4) is 11.5 Å². The minimum Gasteiger partial charge on any atom is -0.493 e. The van der Waals surface area contributed by atoms with Gasteiger partial charge in [0.25, 0.3) is 0 Å². The molecule has 3 rings (SSSR count). The van der Waals surface area contributed by atoms with Crippen LogP contribution in [0.3, 0.4) is 0 Å². The molecule has 0 fully saturated rings. The summed E-state index contributed by atoms with van der Waals surface area (Å²) in [6.45, 7) is 4.48. The Bertz CT molecular complexity index is 934. The number of ether oxygens (including phenoxy) is 3. The summed E-state index contributed by atoms with van der Waals surface area (Å²) < 4.78 is 16.3. The van der Waals surface area contributed by atoms with Crippen molar-refractivity contribution in [1.29, 1.82) is 0 Å². The van der Waals surface area contributed by atoms with E-state index in [2.05, 4.69) is 4.99 Å². The number of carbonyl (C=O) groups is 1. The molecule has 6 heteroatoms. The minimum absolute atomic E-state index is 0.202. The highest BCUT2D eigenvalue weighted by Gasteiger charge is 2.25. The van der Waals surface area contributed by atoms with Crippen LogP contribution in [0.15, 0.2) is 47.1 Å². The molecular formula is C21H20ClNO4. The molecule has 5 nitrogen and oxygen atoms in total. The van der Waals surface area contributed by atoms with Crippen LogP contribution in [-0.4, -0.2) is 25.6 Å². The van der Waals surface area contributed by atoms with Gasteiger partial charge in [-0.25, -0.2) is 9.79 Å². The molecule has 0 bridgehead atoms. The summed E-state index contributed by atoms with van der Waals surface area (Å²) in [7, 11) is 1.54. The van der Waals surface area contributed by atoms with Gasteiger partial charge in [0, 0.05) is 5.56 Å². The lowest BCUT2D eigenvalue weighted by molar-refractivity contribution is -0.129. The number of halogens is 1. The molecule has 0 saturated carbocycles. The molecule has 27 heavy (non-hydrogen) atoms. The van der Waals surface area contributed by atoms with E-state index in [1.165, 1.54) is 0 Å². The number of nitrogens with zero attached hydrogens (tertiary/aromatic N) is 1. The first-order valence-electron chi connectivity index (χ1n) is 8.62. The van der Waals surface area contributed by atoms with Gasteiger partial charge in [-0.2, -0.15) is 0 Å².